The molecule has 2 aromatic carbocycles. The standard InChI is InChI=1S/C24H22F3NO6/c1-2-32-23(31)14-5-7-15(8-6-14)33-21-19(30)16-9-10-18(29)17(13-28-11-3-4-12-28)20(16)34-22(21)24(25,26)27/h5-10,29H,2-4,11-13H2,1H3/p+1. The highest BCUT2D eigenvalue weighted by Crippen LogP contribution is 2.39. The summed E-state index contributed by atoms with van der Waals surface area (Å²) in [5, 5.41) is 10.2. The first-order valence-electron chi connectivity index (χ1n) is 10.9. The number of alkyl halides is 3. The predicted molar refractivity (Wildman–Crippen MR) is 115 cm³/mol. The van der Waals surface area contributed by atoms with Crippen LogP contribution in [0.4, 0.5) is 13.2 Å². The molecule has 0 saturated carbocycles. The first-order chi connectivity index (χ1) is 16.2. The molecule has 0 atom stereocenters. The third-order valence-corrected chi connectivity index (χ3v) is 5.68. The second-order valence-corrected chi connectivity index (χ2v) is 8.01. The minimum absolute atomic E-state index is 0.0919. The number of nitrogens with one attached hydrogen (secondary N) is 1. The molecule has 3 aromatic rings. The normalized spacial score (nSPS) is 14.5. The van der Waals surface area contributed by atoms with Gasteiger partial charge in [-0.3, -0.25) is 4.79 Å². The Balaban J connectivity index is 1.79. The summed E-state index contributed by atoms with van der Waals surface area (Å²) in [6.07, 6.45) is -3.08. The second kappa shape index (κ2) is 9.38. The van der Waals surface area contributed by atoms with Crippen molar-refractivity contribution >= 4 is 16.9 Å². The van der Waals surface area contributed by atoms with Crippen molar-refractivity contribution in [3.05, 3.63) is 63.5 Å². The zero-order chi connectivity index (χ0) is 24.5. The van der Waals surface area contributed by atoms with Gasteiger partial charge in [0, 0.05) is 12.8 Å². The van der Waals surface area contributed by atoms with Gasteiger partial charge in [-0.2, -0.15) is 13.2 Å². The summed E-state index contributed by atoms with van der Waals surface area (Å²) in [4.78, 5) is 26.0. The van der Waals surface area contributed by atoms with Crippen molar-refractivity contribution in [2.24, 2.45) is 0 Å². The Labute approximate surface area is 192 Å². The lowest BCUT2D eigenvalue weighted by molar-refractivity contribution is -0.901. The number of rotatable bonds is 6. The highest BCUT2D eigenvalue weighted by atomic mass is 19.4. The van der Waals surface area contributed by atoms with Gasteiger partial charge in [-0.25, -0.2) is 4.79 Å². The Bertz CT molecular complexity index is 1260. The number of phenols is 1. The number of esters is 1. The lowest BCUT2D eigenvalue weighted by atomic mass is 10.1. The molecule has 4 rings (SSSR count). The number of hydrogen-bond donors (Lipinski definition) is 2. The third kappa shape index (κ3) is 4.72. The maximum atomic E-state index is 13.9. The first kappa shape index (κ1) is 23.6. The Morgan fingerprint density at radius 2 is 1.79 bits per heavy atom. The number of benzene rings is 2. The highest BCUT2D eigenvalue weighted by molar-refractivity contribution is 5.89. The first-order valence-corrected chi connectivity index (χ1v) is 10.9. The van der Waals surface area contributed by atoms with E-state index < -0.39 is 29.1 Å². The van der Waals surface area contributed by atoms with Crippen molar-refractivity contribution in [3.8, 4) is 17.2 Å². The van der Waals surface area contributed by atoms with Gasteiger partial charge in [0.05, 0.1) is 36.2 Å². The number of likely N-dealkylation sites (tertiary alicyclic amines) is 1. The van der Waals surface area contributed by atoms with Gasteiger partial charge in [0.1, 0.15) is 18.0 Å². The van der Waals surface area contributed by atoms with Gasteiger partial charge in [-0.05, 0) is 43.3 Å². The fraction of sp³-hybridized carbons (Fsp3) is 0.333. The predicted octanol–water partition coefficient (Wildman–Crippen LogP) is 3.67. The summed E-state index contributed by atoms with van der Waals surface area (Å²) in [6, 6.07) is 7.64. The van der Waals surface area contributed by atoms with Gasteiger partial charge >= 0.3 is 12.1 Å². The molecule has 1 saturated heterocycles. The second-order valence-electron chi connectivity index (χ2n) is 8.01. The smallest absolute Gasteiger partial charge is 0.453 e. The van der Waals surface area contributed by atoms with E-state index in [0.29, 0.717) is 0 Å². The zero-order valence-corrected chi connectivity index (χ0v) is 18.3. The van der Waals surface area contributed by atoms with Crippen molar-refractivity contribution < 1.29 is 41.9 Å². The molecule has 1 aliphatic heterocycles. The van der Waals surface area contributed by atoms with Crippen LogP contribution < -0.4 is 15.1 Å². The minimum atomic E-state index is -5.03. The molecule has 34 heavy (non-hydrogen) atoms. The third-order valence-electron chi connectivity index (χ3n) is 5.68. The van der Waals surface area contributed by atoms with E-state index in [1.165, 1.54) is 36.4 Å². The molecule has 1 aliphatic rings. The number of quaternary nitrogens is 1. The van der Waals surface area contributed by atoms with Crippen LogP contribution in [0.25, 0.3) is 11.0 Å². The Kier molecular flexibility index (Phi) is 6.52. The maximum absolute atomic E-state index is 13.9. The van der Waals surface area contributed by atoms with Gasteiger partial charge in [-0.1, -0.05) is 0 Å². The van der Waals surface area contributed by atoms with Crippen LogP contribution in [-0.4, -0.2) is 30.8 Å². The van der Waals surface area contributed by atoms with Crippen molar-refractivity contribution in [2.45, 2.75) is 32.5 Å². The van der Waals surface area contributed by atoms with E-state index in [1.54, 1.807) is 6.92 Å². The van der Waals surface area contributed by atoms with Crippen molar-refractivity contribution in [1.82, 2.24) is 0 Å². The van der Waals surface area contributed by atoms with Crippen LogP contribution >= 0.6 is 0 Å². The van der Waals surface area contributed by atoms with Crippen molar-refractivity contribution in [1.29, 1.82) is 0 Å². The summed E-state index contributed by atoms with van der Waals surface area (Å²) in [5.74, 6) is -3.53. The van der Waals surface area contributed by atoms with E-state index in [9.17, 15) is 27.9 Å². The van der Waals surface area contributed by atoms with E-state index in [4.69, 9.17) is 13.9 Å². The molecule has 0 spiro atoms. The molecule has 7 nitrogen and oxygen atoms in total. The number of aromatic hydroxyl groups is 1. The average molecular weight is 478 g/mol. The molecule has 0 amide bonds. The van der Waals surface area contributed by atoms with Gasteiger partial charge in [-0.15, -0.1) is 0 Å². The van der Waals surface area contributed by atoms with Crippen molar-refractivity contribution in [2.75, 3.05) is 19.7 Å². The van der Waals surface area contributed by atoms with E-state index in [0.717, 1.165) is 30.8 Å². The number of fused-ring (bicyclic) bond motifs is 1. The van der Waals surface area contributed by atoms with Gasteiger partial charge in [0.2, 0.25) is 11.2 Å². The van der Waals surface area contributed by atoms with E-state index >= 15 is 0 Å². The van der Waals surface area contributed by atoms with Crippen LogP contribution in [0, 0.1) is 0 Å². The van der Waals surface area contributed by atoms with Crippen LogP contribution in [0.5, 0.6) is 17.2 Å². The molecule has 1 fully saturated rings. The van der Waals surface area contributed by atoms with Gasteiger partial charge in [0.15, 0.2) is 5.58 Å². The largest absolute Gasteiger partial charge is 0.507 e. The van der Waals surface area contributed by atoms with Gasteiger partial charge < -0.3 is 23.9 Å². The maximum Gasteiger partial charge on any atom is 0.453 e. The molecule has 0 aliphatic carbocycles. The minimum Gasteiger partial charge on any atom is -0.507 e. The van der Waals surface area contributed by atoms with Crippen LogP contribution in [0.3, 0.4) is 0 Å². The fourth-order valence-electron chi connectivity index (χ4n) is 4.03. The van der Waals surface area contributed by atoms with Gasteiger partial charge in [0.25, 0.3) is 5.76 Å². The molecule has 2 heterocycles. The lowest BCUT2D eigenvalue weighted by Crippen LogP contribution is -3.08. The quantitative estimate of drug-likeness (QED) is 0.526. The Morgan fingerprint density at radius 1 is 1.12 bits per heavy atom. The molecule has 1 aromatic heterocycles. The topological polar surface area (TPSA) is 90.4 Å². The van der Waals surface area contributed by atoms with E-state index in [2.05, 4.69) is 0 Å². The van der Waals surface area contributed by atoms with E-state index in [1.807, 2.05) is 0 Å². The zero-order valence-electron chi connectivity index (χ0n) is 18.3. The van der Waals surface area contributed by atoms with Crippen LogP contribution in [0.15, 0.2) is 45.6 Å². The van der Waals surface area contributed by atoms with E-state index in [-0.39, 0.29) is 46.7 Å². The molecule has 2 N–H and O–H groups in total. The van der Waals surface area contributed by atoms with Crippen LogP contribution in [0.2, 0.25) is 0 Å². The summed E-state index contributed by atoms with van der Waals surface area (Å²) < 4.78 is 57.2. The molecule has 10 heteroatoms. The number of hydrogen-bond acceptors (Lipinski definition) is 6. The molecule has 0 unspecified atom stereocenters. The van der Waals surface area contributed by atoms with Crippen LogP contribution in [-0.2, 0) is 17.5 Å². The highest BCUT2D eigenvalue weighted by Gasteiger charge is 2.41. The molecule has 0 radical (unpaired) electrons. The Hall–Kier alpha value is -3.53. The number of phenolic OH excluding ortho intramolecular Hbond substituents is 1. The monoisotopic (exact) mass is 478 g/mol. The number of ether oxygens (including phenoxy) is 2. The summed E-state index contributed by atoms with van der Waals surface area (Å²) in [6.45, 7) is 3.68. The molecule has 0 bridgehead atoms. The average Bonchev–Trinajstić information content (AvgIpc) is 3.30. The SMILES string of the molecule is CCOC(=O)c1ccc(Oc2c(C(F)(F)F)oc3c(C[NH+]4CCCC4)c(O)ccc3c2=O)cc1. The molecular formula is C24H23F3NO6+. The number of carbonyl (C=O) groups is 1. The summed E-state index contributed by atoms with van der Waals surface area (Å²) in [5.41, 5.74) is -0.981. The number of halogens is 3. The Morgan fingerprint density at radius 3 is 2.41 bits per heavy atom. The van der Waals surface area contributed by atoms with Crippen LogP contribution in [0.1, 0.15) is 41.4 Å². The molecular weight excluding hydrogens is 455 g/mol. The molecule has 180 valence electrons. The lowest BCUT2D eigenvalue weighted by Gasteiger charge is -2.17. The summed E-state index contributed by atoms with van der Waals surface area (Å²) >= 11 is 0. The summed E-state index contributed by atoms with van der Waals surface area (Å²) in [7, 11) is 0. The number of carbonyl (C=O) groups excluding carboxylic acids is 1. The van der Waals surface area contributed by atoms with Crippen molar-refractivity contribution in [3.63, 3.8) is 0 Å². The fourth-order valence-corrected chi connectivity index (χ4v) is 4.03.